The number of hydrogen-bond donors (Lipinski definition) is 1. The highest BCUT2D eigenvalue weighted by Crippen LogP contribution is 2.29. The number of methoxy groups -OCH3 is 1. The predicted octanol–water partition coefficient (Wildman–Crippen LogP) is 3.90. The van der Waals surface area contributed by atoms with Crippen molar-refractivity contribution in [3.05, 3.63) is 50.4 Å². The number of ether oxygens (including phenoxy) is 1. The number of rotatable bonds is 4. The smallest absolute Gasteiger partial charge is 0.165 e. The minimum atomic E-state index is -0.370. The van der Waals surface area contributed by atoms with Gasteiger partial charge in [0, 0.05) is 21.8 Å². The topological polar surface area (TPSA) is 35.2 Å². The quantitative estimate of drug-likeness (QED) is 0.923. The molecular formula is C13H13BrFNOS. The third-order valence-corrected chi connectivity index (χ3v) is 4.65. The molecule has 96 valence electrons. The van der Waals surface area contributed by atoms with Gasteiger partial charge in [0.05, 0.1) is 7.11 Å². The third-order valence-electron chi connectivity index (χ3n) is 2.70. The lowest BCUT2D eigenvalue weighted by molar-refractivity contribution is 0.385. The highest BCUT2D eigenvalue weighted by atomic mass is 79.9. The largest absolute Gasteiger partial charge is 0.494 e. The van der Waals surface area contributed by atoms with Crippen LogP contribution in [0.1, 0.15) is 16.5 Å². The van der Waals surface area contributed by atoms with Crippen LogP contribution in [-0.2, 0) is 6.42 Å². The molecule has 5 heteroatoms. The predicted molar refractivity (Wildman–Crippen MR) is 75.6 cm³/mol. The first kappa shape index (κ1) is 13.5. The zero-order valence-electron chi connectivity index (χ0n) is 9.82. The molecular weight excluding hydrogens is 317 g/mol. The molecule has 2 N–H and O–H groups in total. The Bertz CT molecular complexity index is 544. The maximum atomic E-state index is 13.3. The third kappa shape index (κ3) is 2.91. The van der Waals surface area contributed by atoms with Crippen molar-refractivity contribution in [1.29, 1.82) is 0 Å². The normalized spacial score (nSPS) is 12.4. The molecule has 0 spiro atoms. The van der Waals surface area contributed by atoms with Crippen molar-refractivity contribution in [3.8, 4) is 5.75 Å². The zero-order chi connectivity index (χ0) is 13.1. The minimum absolute atomic E-state index is 0.172. The van der Waals surface area contributed by atoms with Gasteiger partial charge in [-0.05, 0) is 45.1 Å². The second kappa shape index (κ2) is 5.82. The Balaban J connectivity index is 2.18. The molecule has 2 rings (SSSR count). The minimum Gasteiger partial charge on any atom is -0.494 e. The summed E-state index contributed by atoms with van der Waals surface area (Å²) in [5.74, 6) is -0.140. The Morgan fingerprint density at radius 2 is 2.22 bits per heavy atom. The van der Waals surface area contributed by atoms with Gasteiger partial charge in [-0.1, -0.05) is 6.07 Å². The Morgan fingerprint density at radius 3 is 2.83 bits per heavy atom. The molecule has 1 atom stereocenters. The fraction of sp³-hybridized carbons (Fsp3) is 0.231. The summed E-state index contributed by atoms with van der Waals surface area (Å²) in [5.41, 5.74) is 7.01. The van der Waals surface area contributed by atoms with Gasteiger partial charge in [-0.25, -0.2) is 4.39 Å². The molecule has 0 saturated heterocycles. The SMILES string of the molecule is COc1cc(C(N)Cc2sccc2Br)ccc1F. The van der Waals surface area contributed by atoms with E-state index in [0.29, 0.717) is 6.42 Å². The van der Waals surface area contributed by atoms with Crippen LogP contribution in [0.15, 0.2) is 34.1 Å². The van der Waals surface area contributed by atoms with Gasteiger partial charge in [-0.15, -0.1) is 11.3 Å². The molecule has 1 heterocycles. The average Bonchev–Trinajstić information content (AvgIpc) is 2.75. The molecule has 0 aliphatic rings. The molecule has 2 aromatic rings. The first-order chi connectivity index (χ1) is 8.61. The molecule has 0 aliphatic heterocycles. The van der Waals surface area contributed by atoms with E-state index in [4.69, 9.17) is 10.5 Å². The van der Waals surface area contributed by atoms with E-state index in [1.807, 2.05) is 11.4 Å². The van der Waals surface area contributed by atoms with Gasteiger partial charge < -0.3 is 10.5 Å². The summed E-state index contributed by atoms with van der Waals surface area (Å²) in [6.45, 7) is 0. The van der Waals surface area contributed by atoms with E-state index < -0.39 is 0 Å². The molecule has 1 aromatic heterocycles. The van der Waals surface area contributed by atoms with E-state index in [1.54, 1.807) is 23.5 Å². The lowest BCUT2D eigenvalue weighted by atomic mass is 10.0. The number of hydrogen-bond acceptors (Lipinski definition) is 3. The van der Waals surface area contributed by atoms with Gasteiger partial charge >= 0.3 is 0 Å². The van der Waals surface area contributed by atoms with Crippen LogP contribution in [0.3, 0.4) is 0 Å². The van der Waals surface area contributed by atoms with Crippen LogP contribution in [-0.4, -0.2) is 7.11 Å². The van der Waals surface area contributed by atoms with Crippen molar-refractivity contribution in [3.63, 3.8) is 0 Å². The second-order valence-corrected chi connectivity index (χ2v) is 5.75. The van der Waals surface area contributed by atoms with Gasteiger partial charge in [0.15, 0.2) is 11.6 Å². The van der Waals surface area contributed by atoms with E-state index in [-0.39, 0.29) is 17.6 Å². The summed E-state index contributed by atoms with van der Waals surface area (Å²) in [6.07, 6.45) is 0.715. The van der Waals surface area contributed by atoms with Crippen LogP contribution in [0.2, 0.25) is 0 Å². The first-order valence-corrected chi connectivity index (χ1v) is 7.10. The maximum absolute atomic E-state index is 13.3. The molecule has 1 aromatic carbocycles. The Labute approximate surface area is 118 Å². The molecule has 0 radical (unpaired) electrons. The maximum Gasteiger partial charge on any atom is 0.165 e. The highest BCUT2D eigenvalue weighted by Gasteiger charge is 2.13. The second-order valence-electron chi connectivity index (χ2n) is 3.90. The Morgan fingerprint density at radius 1 is 1.44 bits per heavy atom. The number of thiophene rings is 1. The molecule has 0 saturated carbocycles. The number of nitrogens with two attached hydrogens (primary N) is 1. The first-order valence-electron chi connectivity index (χ1n) is 5.42. The van der Waals surface area contributed by atoms with E-state index in [9.17, 15) is 4.39 Å². The van der Waals surface area contributed by atoms with Gasteiger partial charge in [0.2, 0.25) is 0 Å². The molecule has 2 nitrogen and oxygen atoms in total. The van der Waals surface area contributed by atoms with Gasteiger partial charge in [0.25, 0.3) is 0 Å². The summed E-state index contributed by atoms with van der Waals surface area (Å²) in [5, 5.41) is 2.01. The highest BCUT2D eigenvalue weighted by molar-refractivity contribution is 9.10. The van der Waals surface area contributed by atoms with Crippen molar-refractivity contribution < 1.29 is 9.13 Å². The fourth-order valence-corrected chi connectivity index (χ4v) is 3.27. The monoisotopic (exact) mass is 329 g/mol. The molecule has 18 heavy (non-hydrogen) atoms. The van der Waals surface area contributed by atoms with Gasteiger partial charge in [0.1, 0.15) is 0 Å². The fourth-order valence-electron chi connectivity index (χ4n) is 1.70. The average molecular weight is 330 g/mol. The molecule has 0 bridgehead atoms. The van der Waals surface area contributed by atoms with Crippen LogP contribution in [0.4, 0.5) is 4.39 Å². The molecule has 0 amide bonds. The van der Waals surface area contributed by atoms with Crippen LogP contribution in [0.25, 0.3) is 0 Å². The van der Waals surface area contributed by atoms with Gasteiger partial charge in [-0.2, -0.15) is 0 Å². The Kier molecular flexibility index (Phi) is 4.37. The standard InChI is InChI=1S/C13H13BrFNOS/c1-17-12-6-8(2-3-10(12)15)11(16)7-13-9(14)4-5-18-13/h2-6,11H,7,16H2,1H3. The van der Waals surface area contributed by atoms with Crippen LogP contribution in [0, 0.1) is 5.82 Å². The van der Waals surface area contributed by atoms with E-state index in [1.165, 1.54) is 18.1 Å². The van der Waals surface area contributed by atoms with Crippen molar-refractivity contribution >= 4 is 27.3 Å². The summed E-state index contributed by atoms with van der Waals surface area (Å²) in [4.78, 5) is 1.19. The lowest BCUT2D eigenvalue weighted by Crippen LogP contribution is -2.13. The lowest BCUT2D eigenvalue weighted by Gasteiger charge is -2.13. The number of halogens is 2. The number of benzene rings is 1. The van der Waals surface area contributed by atoms with Crippen LogP contribution in [0.5, 0.6) is 5.75 Å². The zero-order valence-corrected chi connectivity index (χ0v) is 12.2. The van der Waals surface area contributed by atoms with Crippen molar-refractivity contribution in [2.45, 2.75) is 12.5 Å². The van der Waals surface area contributed by atoms with E-state index in [2.05, 4.69) is 15.9 Å². The Hall–Kier alpha value is -0.910. The summed E-state index contributed by atoms with van der Waals surface area (Å²) in [6, 6.07) is 6.57. The van der Waals surface area contributed by atoms with Crippen LogP contribution >= 0.6 is 27.3 Å². The molecule has 1 unspecified atom stereocenters. The van der Waals surface area contributed by atoms with Crippen molar-refractivity contribution in [1.82, 2.24) is 0 Å². The van der Waals surface area contributed by atoms with Gasteiger partial charge in [-0.3, -0.25) is 0 Å². The molecule has 0 aliphatic carbocycles. The van der Waals surface area contributed by atoms with E-state index >= 15 is 0 Å². The van der Waals surface area contributed by atoms with Crippen LogP contribution < -0.4 is 10.5 Å². The van der Waals surface area contributed by atoms with Crippen molar-refractivity contribution in [2.75, 3.05) is 7.11 Å². The van der Waals surface area contributed by atoms with Crippen molar-refractivity contribution in [2.24, 2.45) is 5.73 Å². The summed E-state index contributed by atoms with van der Waals surface area (Å²) in [7, 11) is 1.45. The van der Waals surface area contributed by atoms with E-state index in [0.717, 1.165) is 10.0 Å². The summed E-state index contributed by atoms with van der Waals surface area (Å²) >= 11 is 5.13. The summed E-state index contributed by atoms with van der Waals surface area (Å²) < 4.78 is 19.3. The molecule has 0 fully saturated rings.